The maximum Gasteiger partial charge on any atom is 0.219 e. The van der Waals surface area contributed by atoms with E-state index in [1.54, 1.807) is 6.92 Å². The molecule has 3 heteroatoms. The van der Waals surface area contributed by atoms with Gasteiger partial charge in [-0.25, -0.2) is 0 Å². The molecule has 2 heterocycles. The van der Waals surface area contributed by atoms with Crippen LogP contribution in [0.1, 0.15) is 42.1 Å². The van der Waals surface area contributed by atoms with Crippen LogP contribution in [0.4, 0.5) is 0 Å². The number of hydrogen-bond acceptors (Lipinski definition) is 2. The largest absolute Gasteiger partial charge is 0.363 e. The zero-order chi connectivity index (χ0) is 15.8. The minimum Gasteiger partial charge on any atom is -0.363 e. The Hall–Kier alpha value is -2.13. The molecule has 1 fully saturated rings. The molecule has 23 heavy (non-hydrogen) atoms. The molecule has 4 rings (SSSR count). The van der Waals surface area contributed by atoms with Gasteiger partial charge < -0.3 is 9.64 Å². The summed E-state index contributed by atoms with van der Waals surface area (Å²) in [6.07, 6.45) is 1.01. The third kappa shape index (κ3) is 2.55. The topological polar surface area (TPSA) is 29.5 Å². The van der Waals surface area contributed by atoms with Gasteiger partial charge in [-0.15, -0.1) is 0 Å². The molecule has 0 aromatic heterocycles. The quantitative estimate of drug-likeness (QED) is 0.807. The van der Waals surface area contributed by atoms with E-state index >= 15 is 0 Å². The van der Waals surface area contributed by atoms with Crippen molar-refractivity contribution in [3.63, 3.8) is 0 Å². The van der Waals surface area contributed by atoms with Crippen LogP contribution in [-0.2, 0) is 9.53 Å². The Morgan fingerprint density at radius 2 is 1.74 bits per heavy atom. The Kier molecular flexibility index (Phi) is 3.66. The van der Waals surface area contributed by atoms with Crippen LogP contribution in [0.2, 0.25) is 0 Å². The fourth-order valence-corrected chi connectivity index (χ4v) is 3.92. The number of ether oxygens (including phenoxy) is 1. The molecule has 2 aromatic rings. The number of benzene rings is 2. The second-order valence-corrected chi connectivity index (χ2v) is 6.45. The molecule has 0 N–H and O–H groups in total. The molecule has 2 aliphatic rings. The van der Waals surface area contributed by atoms with Gasteiger partial charge in [0, 0.05) is 25.9 Å². The van der Waals surface area contributed by atoms with Crippen LogP contribution in [0.3, 0.4) is 0 Å². The monoisotopic (exact) mass is 307 g/mol. The number of likely N-dealkylation sites (tertiary alicyclic amines) is 1. The molecule has 3 atom stereocenters. The van der Waals surface area contributed by atoms with Gasteiger partial charge in [-0.1, -0.05) is 54.6 Å². The van der Waals surface area contributed by atoms with Gasteiger partial charge in [0.2, 0.25) is 5.91 Å². The Labute approximate surface area is 136 Å². The van der Waals surface area contributed by atoms with Gasteiger partial charge >= 0.3 is 0 Å². The van der Waals surface area contributed by atoms with Crippen molar-refractivity contribution in [2.75, 3.05) is 13.1 Å². The minimum atomic E-state index is -0.0411. The highest BCUT2D eigenvalue weighted by molar-refractivity contribution is 5.73. The predicted molar refractivity (Wildman–Crippen MR) is 89.2 cm³/mol. The SMILES string of the molecule is CC(=O)N1CC[C@H]2c3ccccc3C(c3ccccc3)O[C@H]2C1. The van der Waals surface area contributed by atoms with Crippen LogP contribution in [0.15, 0.2) is 54.6 Å². The summed E-state index contributed by atoms with van der Waals surface area (Å²) in [7, 11) is 0. The van der Waals surface area contributed by atoms with Gasteiger partial charge in [0.25, 0.3) is 0 Å². The molecule has 0 bridgehead atoms. The lowest BCUT2D eigenvalue weighted by atomic mass is 9.79. The molecule has 2 aliphatic heterocycles. The number of piperidine rings is 1. The second-order valence-electron chi connectivity index (χ2n) is 6.45. The Bertz CT molecular complexity index is 713. The zero-order valence-electron chi connectivity index (χ0n) is 13.3. The van der Waals surface area contributed by atoms with Crippen LogP contribution >= 0.6 is 0 Å². The summed E-state index contributed by atoms with van der Waals surface area (Å²) >= 11 is 0. The molecule has 3 nitrogen and oxygen atoms in total. The van der Waals surface area contributed by atoms with Gasteiger partial charge in [-0.2, -0.15) is 0 Å². The number of amides is 1. The molecule has 118 valence electrons. The number of fused-ring (bicyclic) bond motifs is 3. The van der Waals surface area contributed by atoms with Gasteiger partial charge in [0.05, 0.1) is 6.10 Å². The third-order valence-electron chi connectivity index (χ3n) is 5.10. The molecular formula is C20H21NO2. The smallest absolute Gasteiger partial charge is 0.219 e. The average molecular weight is 307 g/mol. The number of carbonyl (C=O) groups excluding carboxylic acids is 1. The van der Waals surface area contributed by atoms with Crippen LogP contribution in [0, 0.1) is 0 Å². The molecular weight excluding hydrogens is 286 g/mol. The molecule has 2 aromatic carbocycles. The Balaban J connectivity index is 1.73. The standard InChI is InChI=1S/C20H21NO2/c1-14(22)21-12-11-17-16-9-5-6-10-18(16)20(23-19(17)13-21)15-7-3-2-4-8-15/h2-10,17,19-20H,11-13H2,1H3/t17-,19-,20?/m0/s1. The number of hydrogen-bond donors (Lipinski definition) is 0. The van der Waals surface area contributed by atoms with E-state index in [4.69, 9.17) is 4.74 Å². The van der Waals surface area contributed by atoms with Gasteiger partial charge in [-0.3, -0.25) is 4.79 Å². The molecule has 0 radical (unpaired) electrons. The molecule has 1 amide bonds. The zero-order valence-corrected chi connectivity index (χ0v) is 13.3. The first kappa shape index (κ1) is 14.5. The van der Waals surface area contributed by atoms with E-state index in [9.17, 15) is 4.79 Å². The first-order chi connectivity index (χ1) is 11.2. The van der Waals surface area contributed by atoms with Crippen molar-refractivity contribution in [1.29, 1.82) is 0 Å². The Morgan fingerprint density at radius 3 is 2.48 bits per heavy atom. The van der Waals surface area contributed by atoms with Gasteiger partial charge in [0.15, 0.2) is 0 Å². The molecule has 0 spiro atoms. The normalized spacial score (nSPS) is 26.3. The van der Waals surface area contributed by atoms with Crippen molar-refractivity contribution in [3.8, 4) is 0 Å². The van der Waals surface area contributed by atoms with Crippen LogP contribution in [0.25, 0.3) is 0 Å². The van der Waals surface area contributed by atoms with E-state index < -0.39 is 0 Å². The van der Waals surface area contributed by atoms with Gasteiger partial charge in [0.1, 0.15) is 6.10 Å². The van der Waals surface area contributed by atoms with Crippen LogP contribution in [-0.4, -0.2) is 30.0 Å². The van der Waals surface area contributed by atoms with E-state index in [2.05, 4.69) is 48.5 Å². The minimum absolute atomic E-state index is 0.0411. The summed E-state index contributed by atoms with van der Waals surface area (Å²) < 4.78 is 6.49. The number of carbonyl (C=O) groups is 1. The first-order valence-corrected chi connectivity index (χ1v) is 8.29. The number of nitrogens with zero attached hydrogens (tertiary/aromatic N) is 1. The highest BCUT2D eigenvalue weighted by Gasteiger charge is 2.40. The Morgan fingerprint density at radius 1 is 1.04 bits per heavy atom. The summed E-state index contributed by atoms with van der Waals surface area (Å²) in [6.45, 7) is 3.16. The van der Waals surface area contributed by atoms with E-state index in [1.165, 1.54) is 16.7 Å². The van der Waals surface area contributed by atoms with Crippen molar-refractivity contribution in [3.05, 3.63) is 71.3 Å². The lowest BCUT2D eigenvalue weighted by molar-refractivity contribution is -0.135. The fourth-order valence-electron chi connectivity index (χ4n) is 3.92. The van der Waals surface area contributed by atoms with Crippen LogP contribution in [0.5, 0.6) is 0 Å². The average Bonchev–Trinajstić information content (AvgIpc) is 2.61. The van der Waals surface area contributed by atoms with E-state index in [-0.39, 0.29) is 18.1 Å². The lowest BCUT2D eigenvalue weighted by Gasteiger charge is -2.44. The maximum absolute atomic E-state index is 11.7. The predicted octanol–water partition coefficient (Wildman–Crippen LogP) is 3.51. The van der Waals surface area contributed by atoms with E-state index in [0.29, 0.717) is 12.5 Å². The second kappa shape index (κ2) is 5.82. The van der Waals surface area contributed by atoms with Gasteiger partial charge in [-0.05, 0) is 23.1 Å². The number of rotatable bonds is 1. The van der Waals surface area contributed by atoms with Crippen LogP contribution < -0.4 is 0 Å². The summed E-state index contributed by atoms with van der Waals surface area (Å²) in [5.74, 6) is 0.531. The highest BCUT2D eigenvalue weighted by atomic mass is 16.5. The van der Waals surface area contributed by atoms with Crippen molar-refractivity contribution in [1.82, 2.24) is 4.90 Å². The lowest BCUT2D eigenvalue weighted by Crippen LogP contribution is -2.48. The summed E-state index contributed by atoms with van der Waals surface area (Å²) in [4.78, 5) is 13.7. The molecule has 1 unspecified atom stereocenters. The first-order valence-electron chi connectivity index (χ1n) is 8.29. The van der Waals surface area contributed by atoms with Crippen molar-refractivity contribution in [2.45, 2.75) is 31.5 Å². The fraction of sp³-hybridized carbons (Fsp3) is 0.350. The highest BCUT2D eigenvalue weighted by Crippen LogP contribution is 2.44. The molecule has 0 saturated carbocycles. The van der Waals surface area contributed by atoms with E-state index in [0.717, 1.165) is 13.0 Å². The van der Waals surface area contributed by atoms with Crippen molar-refractivity contribution >= 4 is 5.91 Å². The maximum atomic E-state index is 11.7. The summed E-state index contributed by atoms with van der Waals surface area (Å²) in [5.41, 5.74) is 3.84. The van der Waals surface area contributed by atoms with E-state index in [1.807, 2.05) is 11.0 Å². The summed E-state index contributed by atoms with van der Waals surface area (Å²) in [5, 5.41) is 0. The van der Waals surface area contributed by atoms with Crippen molar-refractivity contribution < 1.29 is 9.53 Å². The molecule has 0 aliphatic carbocycles. The third-order valence-corrected chi connectivity index (χ3v) is 5.10. The summed E-state index contributed by atoms with van der Waals surface area (Å²) in [6, 6.07) is 19.0. The molecule has 1 saturated heterocycles. The van der Waals surface area contributed by atoms with Crippen molar-refractivity contribution in [2.24, 2.45) is 0 Å².